The van der Waals surface area contributed by atoms with Gasteiger partial charge in [0.2, 0.25) is 0 Å². The summed E-state index contributed by atoms with van der Waals surface area (Å²) >= 11 is 0. The molecule has 2 aromatic heterocycles. The fourth-order valence-corrected chi connectivity index (χ4v) is 3.28. The van der Waals surface area contributed by atoms with Crippen LogP contribution < -0.4 is 5.32 Å². The predicted octanol–water partition coefficient (Wildman–Crippen LogP) is 2.83. The topological polar surface area (TPSA) is 64.3 Å². The Morgan fingerprint density at radius 1 is 1.32 bits per heavy atom. The first-order valence-electron chi connectivity index (χ1n) is 8.28. The molecule has 120 valence electrons. The summed E-state index contributed by atoms with van der Waals surface area (Å²) in [6.45, 7) is 7.23. The molecular formula is C16H25N5O. The average molecular weight is 303 g/mol. The maximum atomic E-state index is 5.98. The maximum Gasteiger partial charge on any atom is 0.178 e. The number of fused-ring (bicyclic) bond motifs is 1. The second-order valence-corrected chi connectivity index (χ2v) is 6.09. The molecule has 0 radical (unpaired) electrons. The third-order valence-electron chi connectivity index (χ3n) is 4.66. The number of nitrogens with zero attached hydrogens (tertiary/aromatic N) is 4. The molecule has 0 spiro atoms. The molecule has 0 bridgehead atoms. The van der Waals surface area contributed by atoms with Gasteiger partial charge < -0.3 is 10.1 Å². The Morgan fingerprint density at radius 2 is 2.14 bits per heavy atom. The summed E-state index contributed by atoms with van der Waals surface area (Å²) in [5.74, 6) is 2.34. The molecule has 1 N–H and O–H groups in total. The molecule has 1 aliphatic rings. The van der Waals surface area contributed by atoms with E-state index < -0.39 is 0 Å². The van der Waals surface area contributed by atoms with Crippen LogP contribution in [0, 0.1) is 12.8 Å². The van der Waals surface area contributed by atoms with E-state index in [1.807, 2.05) is 19.1 Å². The number of hydrogen-bond acceptors (Lipinski definition) is 5. The van der Waals surface area contributed by atoms with Crippen LogP contribution in [0.4, 0.5) is 5.82 Å². The van der Waals surface area contributed by atoms with Crippen molar-refractivity contribution in [3.05, 3.63) is 18.0 Å². The Morgan fingerprint density at radius 3 is 2.91 bits per heavy atom. The molecular weight excluding hydrogens is 278 g/mol. The normalized spacial score (nSPS) is 22.4. The van der Waals surface area contributed by atoms with E-state index in [-0.39, 0.29) is 0 Å². The van der Waals surface area contributed by atoms with E-state index in [1.165, 1.54) is 12.8 Å². The highest BCUT2D eigenvalue weighted by Gasteiger charge is 2.27. The van der Waals surface area contributed by atoms with Gasteiger partial charge in [-0.15, -0.1) is 15.3 Å². The lowest BCUT2D eigenvalue weighted by Crippen LogP contribution is -2.38. The maximum absolute atomic E-state index is 5.98. The quantitative estimate of drug-likeness (QED) is 0.920. The Bertz CT molecular complexity index is 622. The van der Waals surface area contributed by atoms with Crippen LogP contribution in [0.3, 0.4) is 0 Å². The lowest BCUT2D eigenvalue weighted by Gasteiger charge is -2.34. The van der Waals surface area contributed by atoms with E-state index in [4.69, 9.17) is 4.74 Å². The summed E-state index contributed by atoms with van der Waals surface area (Å²) in [5.41, 5.74) is 0.782. The summed E-state index contributed by atoms with van der Waals surface area (Å²) < 4.78 is 7.76. The minimum atomic E-state index is 0.363. The Labute approximate surface area is 131 Å². The van der Waals surface area contributed by atoms with Crippen LogP contribution >= 0.6 is 0 Å². The van der Waals surface area contributed by atoms with Crippen LogP contribution in [0.2, 0.25) is 0 Å². The molecule has 0 amide bonds. The van der Waals surface area contributed by atoms with Gasteiger partial charge in [0, 0.05) is 12.6 Å². The first-order chi connectivity index (χ1) is 10.7. The standard InChI is InChI=1S/C16H25N5O/c1-4-12(5-2)14-10-13(8-9-22-14)17-15-6-7-16-19-18-11(3)21(16)20-15/h6-7,12-14H,4-5,8-10H2,1-3H3,(H,17,20). The lowest BCUT2D eigenvalue weighted by molar-refractivity contribution is -0.0271. The van der Waals surface area contributed by atoms with Crippen LogP contribution in [-0.2, 0) is 4.74 Å². The van der Waals surface area contributed by atoms with Crippen LogP contribution in [-0.4, -0.2) is 38.6 Å². The summed E-state index contributed by atoms with van der Waals surface area (Å²) in [7, 11) is 0. The molecule has 1 aliphatic heterocycles. The first kappa shape index (κ1) is 15.2. The summed E-state index contributed by atoms with van der Waals surface area (Å²) in [6.07, 6.45) is 4.79. The molecule has 2 atom stereocenters. The molecule has 0 aromatic carbocycles. The highest BCUT2D eigenvalue weighted by Crippen LogP contribution is 2.26. The van der Waals surface area contributed by atoms with Gasteiger partial charge in [-0.3, -0.25) is 0 Å². The van der Waals surface area contributed by atoms with E-state index in [2.05, 4.69) is 34.5 Å². The van der Waals surface area contributed by atoms with Crippen molar-refractivity contribution in [3.8, 4) is 0 Å². The summed E-state index contributed by atoms with van der Waals surface area (Å²) in [6, 6.07) is 4.35. The Hall–Kier alpha value is -1.69. The second kappa shape index (κ2) is 6.60. The van der Waals surface area contributed by atoms with Gasteiger partial charge >= 0.3 is 0 Å². The number of nitrogens with one attached hydrogen (secondary N) is 1. The van der Waals surface area contributed by atoms with Gasteiger partial charge in [0.25, 0.3) is 0 Å². The van der Waals surface area contributed by atoms with Crippen LogP contribution in [0.1, 0.15) is 45.4 Å². The zero-order valence-electron chi connectivity index (χ0n) is 13.6. The van der Waals surface area contributed by atoms with E-state index in [0.717, 1.165) is 36.7 Å². The first-order valence-corrected chi connectivity index (χ1v) is 8.28. The van der Waals surface area contributed by atoms with Crippen molar-refractivity contribution in [1.82, 2.24) is 19.8 Å². The van der Waals surface area contributed by atoms with Gasteiger partial charge in [-0.2, -0.15) is 4.52 Å². The van der Waals surface area contributed by atoms with Crippen molar-refractivity contribution in [3.63, 3.8) is 0 Å². The molecule has 3 heterocycles. The van der Waals surface area contributed by atoms with Crippen molar-refractivity contribution in [2.24, 2.45) is 5.92 Å². The smallest absolute Gasteiger partial charge is 0.178 e. The van der Waals surface area contributed by atoms with Crippen LogP contribution in [0.15, 0.2) is 12.1 Å². The Balaban J connectivity index is 1.69. The fourth-order valence-electron chi connectivity index (χ4n) is 3.28. The molecule has 0 aliphatic carbocycles. The van der Waals surface area contributed by atoms with Gasteiger partial charge in [0.15, 0.2) is 11.5 Å². The molecule has 22 heavy (non-hydrogen) atoms. The minimum absolute atomic E-state index is 0.363. The fraction of sp³-hybridized carbons (Fsp3) is 0.688. The average Bonchev–Trinajstić information content (AvgIpc) is 2.90. The van der Waals surface area contributed by atoms with E-state index in [9.17, 15) is 0 Å². The molecule has 1 fully saturated rings. The molecule has 2 unspecified atom stereocenters. The van der Waals surface area contributed by atoms with Gasteiger partial charge in [0.05, 0.1) is 6.10 Å². The lowest BCUT2D eigenvalue weighted by atomic mass is 9.89. The van der Waals surface area contributed by atoms with Crippen molar-refractivity contribution < 1.29 is 4.74 Å². The van der Waals surface area contributed by atoms with Gasteiger partial charge in [0.1, 0.15) is 5.82 Å². The Kier molecular flexibility index (Phi) is 4.57. The van der Waals surface area contributed by atoms with E-state index >= 15 is 0 Å². The number of aryl methyl sites for hydroxylation is 1. The zero-order valence-corrected chi connectivity index (χ0v) is 13.6. The number of anilines is 1. The molecule has 0 saturated carbocycles. The van der Waals surface area contributed by atoms with Crippen LogP contribution in [0.5, 0.6) is 0 Å². The van der Waals surface area contributed by atoms with Crippen molar-refractivity contribution in [2.45, 2.75) is 58.6 Å². The number of rotatable bonds is 5. The third-order valence-corrected chi connectivity index (χ3v) is 4.66. The predicted molar refractivity (Wildman–Crippen MR) is 86.0 cm³/mol. The SMILES string of the molecule is CCC(CC)C1CC(Nc2ccc3nnc(C)n3n2)CCO1. The molecule has 6 heteroatoms. The third kappa shape index (κ3) is 3.06. The highest BCUT2D eigenvalue weighted by molar-refractivity contribution is 5.44. The van der Waals surface area contributed by atoms with Crippen molar-refractivity contribution in [2.75, 3.05) is 11.9 Å². The summed E-state index contributed by atoms with van der Waals surface area (Å²) in [5, 5.41) is 16.2. The number of hydrogen-bond donors (Lipinski definition) is 1. The van der Waals surface area contributed by atoms with Gasteiger partial charge in [-0.1, -0.05) is 26.7 Å². The molecule has 1 saturated heterocycles. The van der Waals surface area contributed by atoms with Gasteiger partial charge in [-0.05, 0) is 37.8 Å². The minimum Gasteiger partial charge on any atom is -0.378 e. The monoisotopic (exact) mass is 303 g/mol. The highest BCUT2D eigenvalue weighted by atomic mass is 16.5. The van der Waals surface area contributed by atoms with Crippen LogP contribution in [0.25, 0.3) is 5.65 Å². The largest absolute Gasteiger partial charge is 0.378 e. The van der Waals surface area contributed by atoms with Gasteiger partial charge in [-0.25, -0.2) is 0 Å². The van der Waals surface area contributed by atoms with E-state index in [0.29, 0.717) is 18.1 Å². The molecule has 6 nitrogen and oxygen atoms in total. The number of ether oxygens (including phenoxy) is 1. The second-order valence-electron chi connectivity index (χ2n) is 6.09. The van der Waals surface area contributed by atoms with Crippen molar-refractivity contribution >= 4 is 11.5 Å². The molecule has 2 aromatic rings. The zero-order chi connectivity index (χ0) is 15.5. The summed E-state index contributed by atoms with van der Waals surface area (Å²) in [4.78, 5) is 0. The molecule has 3 rings (SSSR count). The number of aromatic nitrogens is 4. The van der Waals surface area contributed by atoms with Crippen molar-refractivity contribution in [1.29, 1.82) is 0 Å². The van der Waals surface area contributed by atoms with E-state index in [1.54, 1.807) is 4.52 Å².